The number of ether oxygens (including phenoxy) is 1. The molecule has 3 rings (SSSR count). The summed E-state index contributed by atoms with van der Waals surface area (Å²) in [7, 11) is 0. The van der Waals surface area contributed by atoms with Crippen molar-refractivity contribution in [2.75, 3.05) is 13.2 Å². The first-order chi connectivity index (χ1) is 17.6. The topological polar surface area (TPSA) is 108 Å². The van der Waals surface area contributed by atoms with Crippen LogP contribution in [0.25, 0.3) is 0 Å². The monoisotopic (exact) mass is 533 g/mol. The van der Waals surface area contributed by atoms with Gasteiger partial charge < -0.3 is 25.4 Å². The average molecular weight is 534 g/mol. The van der Waals surface area contributed by atoms with Crippen LogP contribution in [0.2, 0.25) is 5.02 Å². The van der Waals surface area contributed by atoms with Crippen molar-refractivity contribution in [1.29, 1.82) is 0 Å². The lowest BCUT2D eigenvalue weighted by atomic mass is 10.00. The number of rotatable bonds is 9. The van der Waals surface area contributed by atoms with Gasteiger partial charge in [-0.2, -0.15) is 0 Å². The van der Waals surface area contributed by atoms with Gasteiger partial charge in [-0.15, -0.1) is 6.42 Å². The first kappa shape index (κ1) is 27.9. The second-order valence-corrected chi connectivity index (χ2v) is 8.92. The molecule has 1 heterocycles. The van der Waals surface area contributed by atoms with Crippen LogP contribution < -0.4 is 10.6 Å². The Bertz CT molecular complexity index is 1160. The molecule has 2 aromatic carbocycles. The highest BCUT2D eigenvalue weighted by Crippen LogP contribution is 2.33. The Hall–Kier alpha value is -3.68. The van der Waals surface area contributed by atoms with Crippen molar-refractivity contribution in [1.82, 2.24) is 15.5 Å². The Kier molecular flexibility index (Phi) is 9.44. The number of alkyl carbamates (subject to hydrolysis) is 1. The fourth-order valence-electron chi connectivity index (χ4n) is 3.98. The predicted molar refractivity (Wildman–Crippen MR) is 132 cm³/mol. The van der Waals surface area contributed by atoms with Crippen molar-refractivity contribution in [3.63, 3.8) is 0 Å². The molecule has 1 aliphatic rings. The molecule has 196 valence electrons. The second-order valence-electron chi connectivity index (χ2n) is 8.52. The van der Waals surface area contributed by atoms with Crippen molar-refractivity contribution in [3.8, 4) is 12.3 Å². The van der Waals surface area contributed by atoms with E-state index >= 15 is 0 Å². The van der Waals surface area contributed by atoms with E-state index in [0.29, 0.717) is 21.0 Å². The van der Waals surface area contributed by atoms with Gasteiger partial charge in [0.2, 0.25) is 5.91 Å². The number of aliphatic hydroxyl groups is 1. The number of benzene rings is 2. The molecule has 1 fully saturated rings. The Morgan fingerprint density at radius 3 is 2.54 bits per heavy atom. The summed E-state index contributed by atoms with van der Waals surface area (Å²) < 4.78 is 33.5. The van der Waals surface area contributed by atoms with Crippen LogP contribution >= 0.6 is 11.6 Å². The minimum atomic E-state index is -3.35. The minimum absolute atomic E-state index is 0.0213. The highest BCUT2D eigenvalue weighted by molar-refractivity contribution is 6.31. The lowest BCUT2D eigenvalue weighted by molar-refractivity contribution is -0.147. The third-order valence-corrected chi connectivity index (χ3v) is 6.16. The molecular formula is C26H26ClF2N3O5. The fraction of sp³-hybridized carbons (Fsp3) is 0.346. The van der Waals surface area contributed by atoms with Gasteiger partial charge in [-0.25, -0.2) is 13.6 Å². The largest absolute Gasteiger partial charge is 0.436 e. The van der Waals surface area contributed by atoms with Crippen molar-refractivity contribution in [2.24, 2.45) is 0 Å². The molecular weight excluding hydrogens is 508 g/mol. The van der Waals surface area contributed by atoms with Gasteiger partial charge in [0.25, 0.3) is 11.8 Å². The normalized spacial score (nSPS) is 17.8. The number of aliphatic hydroxyl groups excluding tert-OH is 1. The number of likely N-dealkylation sites (tertiary alicyclic amines) is 1. The highest BCUT2D eigenvalue weighted by Gasteiger charge is 2.51. The molecule has 37 heavy (non-hydrogen) atoms. The van der Waals surface area contributed by atoms with Crippen molar-refractivity contribution in [2.45, 2.75) is 43.5 Å². The molecule has 0 saturated carbocycles. The number of carbonyl (C=O) groups excluding carboxylic acids is 3. The molecule has 8 nitrogen and oxygen atoms in total. The lowest BCUT2D eigenvalue weighted by Gasteiger charge is -2.29. The molecule has 0 radical (unpaired) electrons. The quantitative estimate of drug-likeness (QED) is 0.429. The molecule has 0 aliphatic carbocycles. The standard InChI is InChI=1S/C26H26ClF2N3O5/c1-2-12-37-25(36)31-20(13-17-8-4-3-5-9-17)22(33)24(35)32-16-26(28,29)14-21(32)23(34)30-15-18-10-6-7-11-19(18)27/h1,3-11,20-22,33H,12-16H2,(H,30,34)(H,31,36). The second kappa shape index (κ2) is 12.5. The summed E-state index contributed by atoms with van der Waals surface area (Å²) >= 11 is 6.08. The Morgan fingerprint density at radius 1 is 1.19 bits per heavy atom. The molecule has 0 aromatic heterocycles. The predicted octanol–water partition coefficient (Wildman–Crippen LogP) is 2.52. The zero-order chi connectivity index (χ0) is 27.0. The van der Waals surface area contributed by atoms with Gasteiger partial charge in [-0.3, -0.25) is 9.59 Å². The number of hydrogen-bond donors (Lipinski definition) is 3. The van der Waals surface area contributed by atoms with Crippen LogP contribution in [0.15, 0.2) is 54.6 Å². The summed E-state index contributed by atoms with van der Waals surface area (Å²) in [5.41, 5.74) is 1.22. The van der Waals surface area contributed by atoms with Crippen molar-refractivity contribution in [3.05, 3.63) is 70.7 Å². The molecule has 0 spiro atoms. The van der Waals surface area contributed by atoms with E-state index in [0.717, 1.165) is 0 Å². The number of nitrogens with one attached hydrogen (secondary N) is 2. The van der Waals surface area contributed by atoms with Crippen LogP contribution in [0.4, 0.5) is 13.6 Å². The van der Waals surface area contributed by atoms with Gasteiger partial charge in [0.15, 0.2) is 12.7 Å². The molecule has 2 aromatic rings. The number of amides is 3. The number of terminal acetylenes is 1. The van der Waals surface area contributed by atoms with Crippen molar-refractivity contribution >= 4 is 29.5 Å². The summed E-state index contributed by atoms with van der Waals surface area (Å²) in [6, 6.07) is 12.5. The van der Waals surface area contributed by atoms with Gasteiger partial charge in [0.05, 0.1) is 12.6 Å². The number of carbonyl (C=O) groups is 3. The maximum Gasteiger partial charge on any atom is 0.408 e. The van der Waals surface area contributed by atoms with E-state index in [1.165, 1.54) is 0 Å². The Morgan fingerprint density at radius 2 is 1.86 bits per heavy atom. The van der Waals surface area contributed by atoms with Crippen LogP contribution in [0, 0.1) is 12.3 Å². The molecule has 3 amide bonds. The van der Waals surface area contributed by atoms with E-state index in [1.807, 2.05) is 0 Å². The summed E-state index contributed by atoms with van der Waals surface area (Å²) in [4.78, 5) is 38.8. The molecule has 3 unspecified atom stereocenters. The van der Waals surface area contributed by atoms with Gasteiger partial charge in [-0.05, 0) is 23.6 Å². The van der Waals surface area contributed by atoms with Gasteiger partial charge in [-0.1, -0.05) is 66.1 Å². The zero-order valence-electron chi connectivity index (χ0n) is 19.7. The molecule has 3 atom stereocenters. The van der Waals surface area contributed by atoms with E-state index in [2.05, 4.69) is 16.6 Å². The number of alkyl halides is 2. The van der Waals surface area contributed by atoms with E-state index < -0.39 is 55.0 Å². The van der Waals surface area contributed by atoms with E-state index in [4.69, 9.17) is 22.8 Å². The maximum atomic E-state index is 14.4. The van der Waals surface area contributed by atoms with E-state index in [1.54, 1.807) is 54.6 Å². The van der Waals surface area contributed by atoms with Crippen LogP contribution in [-0.2, 0) is 27.3 Å². The van der Waals surface area contributed by atoms with Crippen LogP contribution in [-0.4, -0.2) is 65.2 Å². The SMILES string of the molecule is C#CCOC(=O)NC(Cc1ccccc1)C(O)C(=O)N1CC(F)(F)CC1C(=O)NCc1ccccc1Cl. The summed E-state index contributed by atoms with van der Waals surface area (Å²) in [6.07, 6.45) is 1.20. The highest BCUT2D eigenvalue weighted by atomic mass is 35.5. The van der Waals surface area contributed by atoms with Crippen molar-refractivity contribution < 1.29 is 33.0 Å². The van der Waals surface area contributed by atoms with E-state index in [9.17, 15) is 28.3 Å². The summed E-state index contributed by atoms with van der Waals surface area (Å²) in [5, 5.41) is 16.2. The number of hydrogen-bond acceptors (Lipinski definition) is 5. The zero-order valence-corrected chi connectivity index (χ0v) is 20.5. The fourth-order valence-corrected chi connectivity index (χ4v) is 4.18. The average Bonchev–Trinajstić information content (AvgIpc) is 3.21. The minimum Gasteiger partial charge on any atom is -0.436 e. The lowest BCUT2D eigenvalue weighted by Crippen LogP contribution is -2.56. The van der Waals surface area contributed by atoms with Crippen LogP contribution in [0.3, 0.4) is 0 Å². The Labute approximate surface area is 217 Å². The Balaban J connectivity index is 1.76. The van der Waals surface area contributed by atoms with Crippen LogP contribution in [0.1, 0.15) is 17.5 Å². The summed E-state index contributed by atoms with van der Waals surface area (Å²) in [5.74, 6) is -3.19. The number of halogens is 3. The number of nitrogens with zero attached hydrogens (tertiary/aromatic N) is 1. The molecule has 3 N–H and O–H groups in total. The van der Waals surface area contributed by atoms with Crippen LogP contribution in [0.5, 0.6) is 0 Å². The van der Waals surface area contributed by atoms with Gasteiger partial charge in [0, 0.05) is 18.0 Å². The summed E-state index contributed by atoms with van der Waals surface area (Å²) in [6.45, 7) is -1.45. The van der Waals surface area contributed by atoms with E-state index in [-0.39, 0.29) is 19.6 Å². The maximum absolute atomic E-state index is 14.4. The van der Waals surface area contributed by atoms with Gasteiger partial charge in [0.1, 0.15) is 6.04 Å². The third kappa shape index (κ3) is 7.65. The molecule has 11 heteroatoms. The smallest absolute Gasteiger partial charge is 0.408 e. The third-order valence-electron chi connectivity index (χ3n) is 5.79. The van der Waals surface area contributed by atoms with Gasteiger partial charge >= 0.3 is 6.09 Å². The molecule has 1 aliphatic heterocycles. The first-order valence-electron chi connectivity index (χ1n) is 11.4. The molecule has 1 saturated heterocycles. The molecule has 0 bridgehead atoms. The first-order valence-corrected chi connectivity index (χ1v) is 11.8.